The molecule has 0 saturated carbocycles. The molecule has 0 bridgehead atoms. The van der Waals surface area contributed by atoms with Gasteiger partial charge >= 0.3 is 0 Å². The first-order chi connectivity index (χ1) is 1.73. The Morgan fingerprint density at radius 3 is 0.889 bits per heavy atom. The van der Waals surface area contributed by atoms with Gasteiger partial charge in [0.05, 0.1) is 5.09 Å². The van der Waals surface area contributed by atoms with Gasteiger partial charge in [-0.05, 0) is 0 Å². The second kappa shape index (κ2) is 50.1. The van der Waals surface area contributed by atoms with E-state index in [2.05, 4.69) is 0 Å². The summed E-state index contributed by atoms with van der Waals surface area (Å²) in [6.07, 6.45) is 0. The average molecular weight is 193 g/mol. The maximum Gasteiger partial charge on any atom is 0.0689 e. The van der Waals surface area contributed by atoms with E-state index in [1.807, 2.05) is 0 Å². The van der Waals surface area contributed by atoms with E-state index in [9.17, 15) is 0 Å². The molecule has 0 heterocycles. The van der Waals surface area contributed by atoms with Crippen LogP contribution in [0.1, 0.15) is 0 Å². The van der Waals surface area contributed by atoms with Crippen LogP contribution in [0.2, 0.25) is 0 Å². The van der Waals surface area contributed by atoms with Crippen LogP contribution in [0.25, 0.3) is 0 Å². The summed E-state index contributed by atoms with van der Waals surface area (Å²) in [6.45, 7) is 0. The molecule has 0 aliphatic rings. The summed E-state index contributed by atoms with van der Waals surface area (Å²) in [5, 5.41) is 14.8. The third kappa shape index (κ3) is 1060. The van der Waals surface area contributed by atoms with Crippen LogP contribution in [-0.4, -0.2) is 27.0 Å². The number of nitrogens with zero attached hydrogens (tertiary/aromatic N) is 1. The zero-order valence-corrected chi connectivity index (χ0v) is 4.98. The van der Waals surface area contributed by atoms with Gasteiger partial charge in [0.2, 0.25) is 0 Å². The van der Waals surface area contributed by atoms with Crippen molar-refractivity contribution < 1.29 is 43.5 Å². The van der Waals surface area contributed by atoms with E-state index in [1.54, 1.807) is 0 Å². The fraction of sp³-hybridized carbons (Fsp3) is 0. The van der Waals surface area contributed by atoms with E-state index >= 15 is 0 Å². The molecule has 8 N–H and O–H groups in total. The molecule has 0 aromatic rings. The van der Waals surface area contributed by atoms with Gasteiger partial charge in [0.1, 0.15) is 0 Å². The van der Waals surface area contributed by atoms with E-state index in [0.29, 0.717) is 0 Å². The maximum atomic E-state index is 8.25. The van der Waals surface area contributed by atoms with Gasteiger partial charge in [-0.3, -0.25) is 0 Å². The molecule has 8 nitrogen and oxygen atoms in total. The molecule has 0 aromatic heterocycles. The Labute approximate surface area is 59.7 Å². The molecule has 9 heavy (non-hydrogen) atoms. The van der Waals surface area contributed by atoms with Crippen molar-refractivity contribution in [3.63, 3.8) is 0 Å². The fourth-order valence-electron chi connectivity index (χ4n) is 0. The van der Waals surface area contributed by atoms with E-state index in [0.717, 1.165) is 0 Å². The molecule has 0 aromatic carbocycles. The number of rotatable bonds is 0. The molecule has 0 fully saturated rings. The molecule has 0 aliphatic heterocycles. The SMILES string of the molecule is O.O.O.O.O=[N+]([O-])[O-].[Ni]. The summed E-state index contributed by atoms with van der Waals surface area (Å²) >= 11 is 0. The Bertz CT molecular complexity index is 31.9. The minimum absolute atomic E-state index is 0. The summed E-state index contributed by atoms with van der Waals surface area (Å²) in [5.74, 6) is 0. The topological polar surface area (TPSA) is 192 Å². The van der Waals surface area contributed by atoms with Gasteiger partial charge in [0, 0.05) is 16.5 Å². The van der Waals surface area contributed by atoms with Crippen molar-refractivity contribution in [1.82, 2.24) is 0 Å². The Hall–Kier alpha value is -0.466. The predicted molar refractivity (Wildman–Crippen MR) is 24.8 cm³/mol. The normalized spacial score (nSPS) is 2.67. The summed E-state index contributed by atoms with van der Waals surface area (Å²) in [6, 6.07) is 0. The smallest absolute Gasteiger partial charge is 0.0689 e. The number of hydrogen-bond acceptors (Lipinski definition) is 3. The standard InChI is InChI=1S/NO3.Ni.4H2O/c2-1(3)4;;;;;/h;;4*1H2/q-1;;;;;. The Balaban J connectivity index is -0.00000000450. The molecule has 0 spiro atoms. The fourth-order valence-corrected chi connectivity index (χ4v) is 0. The van der Waals surface area contributed by atoms with E-state index < -0.39 is 5.09 Å². The van der Waals surface area contributed by atoms with E-state index in [1.165, 1.54) is 0 Å². The molecule has 9 heteroatoms. The van der Waals surface area contributed by atoms with Crippen molar-refractivity contribution in [2.75, 3.05) is 0 Å². The minimum atomic E-state index is -1.75. The van der Waals surface area contributed by atoms with Crippen molar-refractivity contribution in [3.8, 4) is 0 Å². The van der Waals surface area contributed by atoms with Crippen molar-refractivity contribution in [1.29, 1.82) is 0 Å². The van der Waals surface area contributed by atoms with Crippen LogP contribution in [0.3, 0.4) is 0 Å². The van der Waals surface area contributed by atoms with E-state index in [-0.39, 0.29) is 38.4 Å². The maximum absolute atomic E-state index is 8.25. The third-order valence-corrected chi connectivity index (χ3v) is 0. The second-order valence-electron chi connectivity index (χ2n) is 0.224. The molecular weight excluding hydrogens is 185 g/mol. The molecule has 0 atom stereocenters. The molecule has 0 radical (unpaired) electrons. The first-order valence-electron chi connectivity index (χ1n) is 0.548. The molecule has 0 amide bonds. The van der Waals surface area contributed by atoms with Gasteiger partial charge in [-0.15, -0.1) is 0 Å². The van der Waals surface area contributed by atoms with Gasteiger partial charge in [0.25, 0.3) is 0 Å². The van der Waals surface area contributed by atoms with Crippen LogP contribution in [0, 0.1) is 15.3 Å². The van der Waals surface area contributed by atoms with Crippen LogP contribution in [0.5, 0.6) is 0 Å². The quantitative estimate of drug-likeness (QED) is 0.218. The van der Waals surface area contributed by atoms with Crippen LogP contribution >= 0.6 is 0 Å². The zero-order valence-electron chi connectivity index (χ0n) is 3.99. The first kappa shape index (κ1) is 75.5. The van der Waals surface area contributed by atoms with Crippen LogP contribution in [0.15, 0.2) is 0 Å². The molecule has 0 rings (SSSR count). The number of hydrogen-bond donors (Lipinski definition) is 0. The first-order valence-corrected chi connectivity index (χ1v) is 0.548. The van der Waals surface area contributed by atoms with Crippen LogP contribution in [-0.2, 0) is 16.5 Å². The Morgan fingerprint density at radius 2 is 0.889 bits per heavy atom. The van der Waals surface area contributed by atoms with E-state index in [4.69, 9.17) is 15.3 Å². The average Bonchev–Trinajstić information content (AvgIpc) is 0.811. The Kier molecular flexibility index (Phi) is 420. The van der Waals surface area contributed by atoms with Crippen molar-refractivity contribution in [2.24, 2.45) is 0 Å². The zero-order chi connectivity index (χ0) is 3.58. The van der Waals surface area contributed by atoms with Gasteiger partial charge in [-0.25, -0.2) is 0 Å². The predicted octanol–water partition coefficient (Wildman–Crippen LogP) is -3.54. The van der Waals surface area contributed by atoms with Crippen molar-refractivity contribution in [3.05, 3.63) is 15.3 Å². The minimum Gasteiger partial charge on any atom is -0.412 e. The molecule has 66 valence electrons. The van der Waals surface area contributed by atoms with Crippen LogP contribution in [0.4, 0.5) is 0 Å². The van der Waals surface area contributed by atoms with Crippen molar-refractivity contribution in [2.45, 2.75) is 0 Å². The summed E-state index contributed by atoms with van der Waals surface area (Å²) < 4.78 is 0. The molecule has 0 saturated heterocycles. The third-order valence-electron chi connectivity index (χ3n) is 0. The van der Waals surface area contributed by atoms with Crippen molar-refractivity contribution >= 4 is 0 Å². The summed E-state index contributed by atoms with van der Waals surface area (Å²) in [5.41, 5.74) is 0. The molecular formula is H8NNiO7-. The molecule has 0 unspecified atom stereocenters. The van der Waals surface area contributed by atoms with Gasteiger partial charge in [0.15, 0.2) is 0 Å². The van der Waals surface area contributed by atoms with Crippen LogP contribution < -0.4 is 0 Å². The monoisotopic (exact) mass is 192 g/mol. The largest absolute Gasteiger partial charge is 0.412 e. The summed E-state index contributed by atoms with van der Waals surface area (Å²) in [4.78, 5) is 8.25. The van der Waals surface area contributed by atoms with Gasteiger partial charge in [-0.2, -0.15) is 0 Å². The van der Waals surface area contributed by atoms with Gasteiger partial charge < -0.3 is 37.2 Å². The second-order valence-corrected chi connectivity index (χ2v) is 0.224. The van der Waals surface area contributed by atoms with Gasteiger partial charge in [-0.1, -0.05) is 0 Å². The summed E-state index contributed by atoms with van der Waals surface area (Å²) in [7, 11) is 0. The molecule has 0 aliphatic carbocycles. The Morgan fingerprint density at radius 1 is 0.889 bits per heavy atom.